The quantitative estimate of drug-likeness (QED) is 0.413. The van der Waals surface area contributed by atoms with E-state index < -0.39 is 27.7 Å². The number of hydrogen-bond acceptors (Lipinski definition) is 4. The Morgan fingerprint density at radius 1 is 1.05 bits per heavy atom. The van der Waals surface area contributed by atoms with Crippen molar-refractivity contribution in [3.63, 3.8) is 0 Å². The molecular weight excluding hydrogens is 500 g/mol. The minimum Gasteiger partial charge on any atom is -0.370 e. The Bertz CT molecular complexity index is 1400. The number of sulfonamides is 1. The number of rotatable bonds is 8. The van der Waals surface area contributed by atoms with Crippen LogP contribution in [-0.2, 0) is 26.1 Å². The molecule has 0 fully saturated rings. The van der Waals surface area contributed by atoms with E-state index in [-0.39, 0.29) is 30.6 Å². The number of likely N-dealkylation sites (N-methyl/N-ethyl adjacent to an activating group) is 1. The van der Waals surface area contributed by atoms with Gasteiger partial charge in [-0.25, -0.2) is 17.2 Å². The minimum absolute atomic E-state index is 0.0193. The number of halogens is 2. The highest BCUT2D eigenvalue weighted by Crippen LogP contribution is 2.33. The second-order valence-electron chi connectivity index (χ2n) is 9.40. The van der Waals surface area contributed by atoms with E-state index in [9.17, 15) is 22.0 Å². The average Bonchev–Trinajstić information content (AvgIpc) is 3.30. The van der Waals surface area contributed by atoms with Crippen molar-refractivity contribution >= 4 is 15.9 Å². The Balaban J connectivity index is 1.42. The van der Waals surface area contributed by atoms with Gasteiger partial charge in [-0.2, -0.15) is 4.31 Å². The first-order valence-electron chi connectivity index (χ1n) is 12.0. The Kier molecular flexibility index (Phi) is 7.82. The molecule has 2 aromatic carbocycles. The summed E-state index contributed by atoms with van der Waals surface area (Å²) in [5.41, 5.74) is 3.60. The lowest BCUT2D eigenvalue weighted by Gasteiger charge is -2.37. The number of amides is 1. The van der Waals surface area contributed by atoms with Crippen LogP contribution < -0.4 is 0 Å². The van der Waals surface area contributed by atoms with Gasteiger partial charge in [0, 0.05) is 38.6 Å². The molecule has 2 heterocycles. The summed E-state index contributed by atoms with van der Waals surface area (Å²) in [6, 6.07) is 10.4. The lowest BCUT2D eigenvalue weighted by Crippen LogP contribution is -2.44. The second kappa shape index (κ2) is 10.7. The van der Waals surface area contributed by atoms with Gasteiger partial charge in [0.05, 0.1) is 17.5 Å². The highest BCUT2D eigenvalue weighted by Gasteiger charge is 2.33. The smallest absolute Gasteiger partial charge is 0.249 e. The fourth-order valence-corrected chi connectivity index (χ4v) is 6.53. The molecule has 3 aromatic rings. The van der Waals surface area contributed by atoms with Gasteiger partial charge in [-0.1, -0.05) is 23.8 Å². The van der Waals surface area contributed by atoms with Crippen molar-refractivity contribution in [2.24, 2.45) is 0 Å². The van der Waals surface area contributed by atoms with E-state index >= 15 is 0 Å². The SMILES string of the molecule is Cc1cc(C)c(S(=O)(=O)N(C)CCOCC(=O)N2CCn3cccc3C2c2ccc(F)c(F)c2)c(C)c1. The third-order valence-electron chi connectivity index (χ3n) is 6.67. The molecule has 7 nitrogen and oxygen atoms in total. The van der Waals surface area contributed by atoms with Crippen LogP contribution in [0.15, 0.2) is 53.6 Å². The summed E-state index contributed by atoms with van der Waals surface area (Å²) in [4.78, 5) is 15.0. The molecule has 198 valence electrons. The maximum Gasteiger partial charge on any atom is 0.249 e. The van der Waals surface area contributed by atoms with E-state index in [1.165, 1.54) is 17.4 Å². The van der Waals surface area contributed by atoms with E-state index in [0.29, 0.717) is 29.8 Å². The van der Waals surface area contributed by atoms with Crippen molar-refractivity contribution < 1.29 is 26.7 Å². The molecule has 0 radical (unpaired) electrons. The first-order chi connectivity index (χ1) is 17.5. The van der Waals surface area contributed by atoms with Gasteiger partial charge in [0.25, 0.3) is 0 Å². The average molecular weight is 532 g/mol. The number of aryl methyl sites for hydroxylation is 3. The van der Waals surface area contributed by atoms with Gasteiger partial charge >= 0.3 is 0 Å². The third-order valence-corrected chi connectivity index (χ3v) is 8.83. The van der Waals surface area contributed by atoms with Gasteiger partial charge in [0.1, 0.15) is 6.61 Å². The first kappa shape index (κ1) is 27.0. The number of hydrogen-bond donors (Lipinski definition) is 0. The Morgan fingerprint density at radius 3 is 2.43 bits per heavy atom. The minimum atomic E-state index is -3.73. The zero-order chi connectivity index (χ0) is 26.9. The summed E-state index contributed by atoms with van der Waals surface area (Å²) in [6.07, 6.45) is 1.88. The van der Waals surface area contributed by atoms with Crippen LogP contribution in [0.3, 0.4) is 0 Å². The van der Waals surface area contributed by atoms with Crippen molar-refractivity contribution in [1.82, 2.24) is 13.8 Å². The molecule has 0 N–H and O–H groups in total. The third kappa shape index (κ3) is 5.46. The molecule has 0 bridgehead atoms. The van der Waals surface area contributed by atoms with Crippen LogP contribution in [0.1, 0.15) is 34.0 Å². The molecule has 0 saturated heterocycles. The number of nitrogens with zero attached hydrogens (tertiary/aromatic N) is 3. The number of ether oxygens (including phenoxy) is 1. The summed E-state index contributed by atoms with van der Waals surface area (Å²) in [7, 11) is -2.25. The summed E-state index contributed by atoms with van der Waals surface area (Å²) in [5, 5.41) is 0. The molecule has 0 spiro atoms. The van der Waals surface area contributed by atoms with Crippen molar-refractivity contribution in [2.75, 3.05) is 33.4 Å². The summed E-state index contributed by atoms with van der Waals surface area (Å²) in [5.74, 6) is -2.25. The van der Waals surface area contributed by atoms with Crippen LogP contribution >= 0.6 is 0 Å². The zero-order valence-electron chi connectivity index (χ0n) is 21.4. The Hall–Kier alpha value is -3.08. The molecule has 1 aromatic heterocycles. The molecule has 1 unspecified atom stereocenters. The van der Waals surface area contributed by atoms with Crippen molar-refractivity contribution in [3.8, 4) is 0 Å². The normalized spacial score (nSPS) is 15.8. The second-order valence-corrected chi connectivity index (χ2v) is 11.4. The van der Waals surface area contributed by atoms with Gasteiger partial charge in [0.15, 0.2) is 11.6 Å². The molecule has 0 saturated carbocycles. The van der Waals surface area contributed by atoms with Crippen molar-refractivity contribution in [1.29, 1.82) is 0 Å². The van der Waals surface area contributed by atoms with Gasteiger partial charge in [-0.05, 0) is 61.7 Å². The monoisotopic (exact) mass is 531 g/mol. The molecular formula is C27H31F2N3O4S. The van der Waals surface area contributed by atoms with Crippen LogP contribution in [0, 0.1) is 32.4 Å². The lowest BCUT2D eigenvalue weighted by atomic mass is 9.99. The van der Waals surface area contributed by atoms with Crippen LogP contribution in [0.4, 0.5) is 8.78 Å². The van der Waals surface area contributed by atoms with Gasteiger partial charge in [0.2, 0.25) is 15.9 Å². The van der Waals surface area contributed by atoms with Crippen LogP contribution in [0.5, 0.6) is 0 Å². The molecule has 4 rings (SSSR count). The van der Waals surface area contributed by atoms with Crippen LogP contribution in [0.2, 0.25) is 0 Å². The fraction of sp³-hybridized carbons (Fsp3) is 0.370. The Labute approximate surface area is 216 Å². The standard InChI is InChI=1S/C27H31F2N3O4S/c1-18-14-19(2)27(20(3)15-18)37(34,35)30(4)12-13-36-17-25(33)32-11-10-31-9-5-6-24(31)26(32)21-7-8-22(28)23(29)16-21/h5-9,14-16,26H,10-13,17H2,1-4H3. The highest BCUT2D eigenvalue weighted by molar-refractivity contribution is 7.89. The Morgan fingerprint density at radius 2 is 1.76 bits per heavy atom. The number of carbonyl (C=O) groups is 1. The van der Waals surface area contributed by atoms with Crippen molar-refractivity contribution in [2.45, 2.75) is 38.3 Å². The number of aromatic nitrogens is 1. The van der Waals surface area contributed by atoms with Gasteiger partial charge in [-0.3, -0.25) is 4.79 Å². The largest absolute Gasteiger partial charge is 0.370 e. The molecule has 1 amide bonds. The molecule has 1 atom stereocenters. The van der Waals surface area contributed by atoms with E-state index in [2.05, 4.69) is 0 Å². The maximum atomic E-state index is 14.0. The fourth-order valence-electron chi connectivity index (χ4n) is 4.97. The first-order valence-corrected chi connectivity index (χ1v) is 13.5. The molecule has 0 aliphatic carbocycles. The maximum absolute atomic E-state index is 14.0. The zero-order valence-corrected chi connectivity index (χ0v) is 22.2. The highest BCUT2D eigenvalue weighted by atomic mass is 32.2. The summed E-state index contributed by atoms with van der Waals surface area (Å²) in [6.45, 7) is 6.21. The molecule has 10 heteroatoms. The predicted octanol–water partition coefficient (Wildman–Crippen LogP) is 3.96. The summed E-state index contributed by atoms with van der Waals surface area (Å²) < 4.78 is 62.6. The number of fused-ring (bicyclic) bond motifs is 1. The van der Waals surface area contributed by atoms with Crippen LogP contribution in [0.25, 0.3) is 0 Å². The topological polar surface area (TPSA) is 71.8 Å². The van der Waals surface area contributed by atoms with Gasteiger partial charge < -0.3 is 14.2 Å². The van der Waals surface area contributed by atoms with E-state index in [1.54, 1.807) is 18.7 Å². The van der Waals surface area contributed by atoms with E-state index in [1.807, 2.05) is 42.0 Å². The molecule has 1 aliphatic rings. The molecule has 1 aliphatic heterocycles. The van der Waals surface area contributed by atoms with E-state index in [0.717, 1.165) is 23.4 Å². The predicted molar refractivity (Wildman–Crippen MR) is 136 cm³/mol. The summed E-state index contributed by atoms with van der Waals surface area (Å²) >= 11 is 0. The van der Waals surface area contributed by atoms with Crippen LogP contribution in [-0.4, -0.2) is 61.4 Å². The number of carbonyl (C=O) groups excluding carboxylic acids is 1. The molecule has 37 heavy (non-hydrogen) atoms. The van der Waals surface area contributed by atoms with Gasteiger partial charge in [-0.15, -0.1) is 0 Å². The number of benzene rings is 2. The van der Waals surface area contributed by atoms with Crippen molar-refractivity contribution in [3.05, 3.63) is 88.2 Å². The lowest BCUT2D eigenvalue weighted by molar-refractivity contribution is -0.138. The van der Waals surface area contributed by atoms with E-state index in [4.69, 9.17) is 4.74 Å².